The van der Waals surface area contributed by atoms with Crippen LogP contribution in [-0.4, -0.2) is 52.0 Å². The van der Waals surface area contributed by atoms with Gasteiger partial charge in [-0.15, -0.1) is 0 Å². The summed E-state index contributed by atoms with van der Waals surface area (Å²) in [4.78, 5) is 12.8. The number of methoxy groups -OCH3 is 1. The molecule has 0 aliphatic carbocycles. The Morgan fingerprint density at radius 1 is 1.19 bits per heavy atom. The molecule has 3 rings (SSSR count). The lowest BCUT2D eigenvalue weighted by atomic mass is 9.99. The molecule has 9 heteroatoms. The highest BCUT2D eigenvalue weighted by atomic mass is 35.5. The summed E-state index contributed by atoms with van der Waals surface area (Å²) in [6.07, 6.45) is 1.28. The number of carbonyl (C=O) groups excluding carboxylic acids is 1. The lowest BCUT2D eigenvalue weighted by Crippen LogP contribution is -2.45. The van der Waals surface area contributed by atoms with E-state index in [0.717, 1.165) is 5.56 Å². The largest absolute Gasteiger partial charge is 0.497 e. The predicted octanol–water partition coefficient (Wildman–Crippen LogP) is 3.25. The SMILES string of the molecule is COc1ccc(S(=O)(=O)N2CCC[C@@H](C(=O)NCCOc3ccc(C)c(Cl)c3)C2)cc1. The number of sulfonamides is 1. The maximum absolute atomic E-state index is 12.9. The van der Waals surface area contributed by atoms with Gasteiger partial charge in [-0.05, 0) is 61.7 Å². The molecule has 1 fully saturated rings. The normalized spacial score (nSPS) is 17.2. The summed E-state index contributed by atoms with van der Waals surface area (Å²) in [6, 6.07) is 11.7. The fourth-order valence-electron chi connectivity index (χ4n) is 3.42. The second kappa shape index (κ2) is 10.3. The third kappa shape index (κ3) is 5.90. The minimum Gasteiger partial charge on any atom is -0.497 e. The van der Waals surface area contributed by atoms with Crippen molar-refractivity contribution in [1.29, 1.82) is 0 Å². The monoisotopic (exact) mass is 466 g/mol. The van der Waals surface area contributed by atoms with Crippen LogP contribution in [0.25, 0.3) is 0 Å². The predicted molar refractivity (Wildman–Crippen MR) is 119 cm³/mol. The van der Waals surface area contributed by atoms with Crippen LogP contribution < -0.4 is 14.8 Å². The van der Waals surface area contributed by atoms with Crippen molar-refractivity contribution in [3.8, 4) is 11.5 Å². The van der Waals surface area contributed by atoms with Gasteiger partial charge in [0.2, 0.25) is 15.9 Å². The van der Waals surface area contributed by atoms with E-state index in [1.165, 1.54) is 23.5 Å². The zero-order valence-electron chi connectivity index (χ0n) is 17.6. The number of piperidine rings is 1. The van der Waals surface area contributed by atoms with Crippen LogP contribution in [0.1, 0.15) is 18.4 Å². The average molecular weight is 467 g/mol. The lowest BCUT2D eigenvalue weighted by molar-refractivity contribution is -0.126. The molecule has 168 valence electrons. The Hall–Kier alpha value is -2.29. The molecule has 7 nitrogen and oxygen atoms in total. The highest BCUT2D eigenvalue weighted by molar-refractivity contribution is 7.89. The standard InChI is InChI=1S/C22H27ClN2O5S/c1-16-5-6-19(14-21(16)23)30-13-11-24-22(26)17-4-3-12-25(15-17)31(27,28)20-9-7-18(29-2)8-10-20/h5-10,14,17H,3-4,11-13,15H2,1-2H3,(H,24,26)/t17-/m1/s1. The molecule has 1 amide bonds. The molecule has 1 atom stereocenters. The van der Waals surface area contributed by atoms with Crippen LogP contribution in [0.15, 0.2) is 47.4 Å². The van der Waals surface area contributed by atoms with Crippen molar-refractivity contribution in [2.75, 3.05) is 33.4 Å². The fraction of sp³-hybridized carbons (Fsp3) is 0.409. The first-order valence-electron chi connectivity index (χ1n) is 10.1. The molecule has 31 heavy (non-hydrogen) atoms. The van der Waals surface area contributed by atoms with E-state index in [-0.39, 0.29) is 17.3 Å². The van der Waals surface area contributed by atoms with Crippen molar-refractivity contribution >= 4 is 27.5 Å². The number of amides is 1. The summed E-state index contributed by atoms with van der Waals surface area (Å²) < 4.78 is 38.0. The third-order valence-corrected chi connectivity index (χ3v) is 7.55. The van der Waals surface area contributed by atoms with Gasteiger partial charge in [0.1, 0.15) is 18.1 Å². The number of rotatable bonds is 8. The van der Waals surface area contributed by atoms with Gasteiger partial charge in [0.25, 0.3) is 0 Å². The van der Waals surface area contributed by atoms with E-state index >= 15 is 0 Å². The summed E-state index contributed by atoms with van der Waals surface area (Å²) in [7, 11) is -2.14. The van der Waals surface area contributed by atoms with Gasteiger partial charge in [0, 0.05) is 18.1 Å². The molecule has 1 aliphatic heterocycles. The molecule has 1 heterocycles. The zero-order chi connectivity index (χ0) is 22.4. The van der Waals surface area contributed by atoms with Crippen LogP contribution >= 0.6 is 11.6 Å². The van der Waals surface area contributed by atoms with Gasteiger partial charge in [-0.3, -0.25) is 4.79 Å². The Bertz CT molecular complexity index is 1010. The van der Waals surface area contributed by atoms with Gasteiger partial charge in [-0.25, -0.2) is 8.42 Å². The molecule has 0 radical (unpaired) electrons. The van der Waals surface area contributed by atoms with Crippen molar-refractivity contribution in [3.63, 3.8) is 0 Å². The average Bonchev–Trinajstić information content (AvgIpc) is 2.79. The Labute approximate surface area is 188 Å². The number of aryl methyl sites for hydroxylation is 1. The number of halogens is 1. The van der Waals surface area contributed by atoms with Crippen LogP contribution in [0.4, 0.5) is 0 Å². The van der Waals surface area contributed by atoms with E-state index < -0.39 is 15.9 Å². The highest BCUT2D eigenvalue weighted by Crippen LogP contribution is 2.25. The van der Waals surface area contributed by atoms with E-state index in [2.05, 4.69) is 5.32 Å². The van der Waals surface area contributed by atoms with Crippen LogP contribution in [0.3, 0.4) is 0 Å². The quantitative estimate of drug-likeness (QED) is 0.603. The number of nitrogens with one attached hydrogen (secondary N) is 1. The van der Waals surface area contributed by atoms with Gasteiger partial charge >= 0.3 is 0 Å². The lowest BCUT2D eigenvalue weighted by Gasteiger charge is -2.31. The molecular formula is C22H27ClN2O5S. The topological polar surface area (TPSA) is 84.9 Å². The minimum absolute atomic E-state index is 0.161. The van der Waals surface area contributed by atoms with Gasteiger partial charge in [-0.1, -0.05) is 17.7 Å². The van der Waals surface area contributed by atoms with Crippen LogP contribution in [0.2, 0.25) is 5.02 Å². The molecule has 0 unspecified atom stereocenters. The van der Waals surface area contributed by atoms with Crippen LogP contribution in [0, 0.1) is 12.8 Å². The summed E-state index contributed by atoms with van der Waals surface area (Å²) in [5.74, 6) is 0.667. The van der Waals surface area contributed by atoms with Gasteiger partial charge in [0.15, 0.2) is 0 Å². The van der Waals surface area contributed by atoms with E-state index in [1.54, 1.807) is 18.2 Å². The first-order chi connectivity index (χ1) is 14.8. The molecule has 1 saturated heterocycles. The maximum atomic E-state index is 12.9. The molecule has 1 aliphatic rings. The summed E-state index contributed by atoms with van der Waals surface area (Å²) in [5.41, 5.74) is 0.966. The van der Waals surface area contributed by atoms with Crippen molar-refractivity contribution in [3.05, 3.63) is 53.1 Å². The smallest absolute Gasteiger partial charge is 0.243 e. The van der Waals surface area contributed by atoms with E-state index in [9.17, 15) is 13.2 Å². The Balaban J connectivity index is 1.51. The van der Waals surface area contributed by atoms with Gasteiger partial charge < -0.3 is 14.8 Å². The second-order valence-corrected chi connectivity index (χ2v) is 9.77. The molecule has 0 bridgehead atoms. The molecule has 1 N–H and O–H groups in total. The van der Waals surface area contributed by atoms with Crippen molar-refractivity contribution in [2.45, 2.75) is 24.7 Å². The first kappa shape index (κ1) is 23.4. The summed E-state index contributed by atoms with van der Waals surface area (Å²) >= 11 is 6.08. The van der Waals surface area contributed by atoms with E-state index in [0.29, 0.717) is 49.1 Å². The molecular weight excluding hydrogens is 440 g/mol. The molecule has 2 aromatic carbocycles. The number of carbonyl (C=O) groups is 1. The fourth-order valence-corrected chi connectivity index (χ4v) is 5.12. The Kier molecular flexibility index (Phi) is 7.80. The zero-order valence-corrected chi connectivity index (χ0v) is 19.2. The van der Waals surface area contributed by atoms with Crippen LogP contribution in [0.5, 0.6) is 11.5 Å². The van der Waals surface area contributed by atoms with Crippen LogP contribution in [-0.2, 0) is 14.8 Å². The number of ether oxygens (including phenoxy) is 2. The number of nitrogens with zero attached hydrogens (tertiary/aromatic N) is 1. The number of benzene rings is 2. The molecule has 0 saturated carbocycles. The van der Waals surface area contributed by atoms with Gasteiger partial charge in [0.05, 0.1) is 24.5 Å². The molecule has 2 aromatic rings. The highest BCUT2D eigenvalue weighted by Gasteiger charge is 2.33. The number of hydrogen-bond acceptors (Lipinski definition) is 5. The van der Waals surface area contributed by atoms with Gasteiger partial charge in [-0.2, -0.15) is 4.31 Å². The minimum atomic E-state index is -3.66. The van der Waals surface area contributed by atoms with E-state index in [1.807, 2.05) is 19.1 Å². The second-order valence-electron chi connectivity index (χ2n) is 7.43. The number of hydrogen-bond donors (Lipinski definition) is 1. The summed E-state index contributed by atoms with van der Waals surface area (Å²) in [5, 5.41) is 3.47. The van der Waals surface area contributed by atoms with Crippen molar-refractivity contribution < 1.29 is 22.7 Å². The van der Waals surface area contributed by atoms with Crippen molar-refractivity contribution in [1.82, 2.24) is 9.62 Å². The molecule has 0 spiro atoms. The third-order valence-electron chi connectivity index (χ3n) is 5.27. The molecule has 0 aromatic heterocycles. The van der Waals surface area contributed by atoms with E-state index in [4.69, 9.17) is 21.1 Å². The Morgan fingerprint density at radius 2 is 1.90 bits per heavy atom. The Morgan fingerprint density at radius 3 is 2.58 bits per heavy atom. The summed E-state index contributed by atoms with van der Waals surface area (Å²) in [6.45, 7) is 3.09. The maximum Gasteiger partial charge on any atom is 0.243 e. The van der Waals surface area contributed by atoms with Crippen molar-refractivity contribution in [2.24, 2.45) is 5.92 Å². The first-order valence-corrected chi connectivity index (χ1v) is 11.9.